The molecule has 1 aromatic rings. The molecular weight excluding hydrogens is 194 g/mol. The zero-order valence-corrected chi connectivity index (χ0v) is 9.35. The van der Waals surface area contributed by atoms with Crippen LogP contribution in [0.5, 0.6) is 0 Å². The highest BCUT2D eigenvalue weighted by Crippen LogP contribution is 2.10. The van der Waals surface area contributed by atoms with Crippen molar-refractivity contribution in [1.82, 2.24) is 14.8 Å². The molecule has 0 aliphatic rings. The fraction of sp³-hybridized carbons (Fsp3) is 0.556. The number of nitrogen functional groups attached to an aromatic ring is 1. The van der Waals surface area contributed by atoms with E-state index >= 15 is 0 Å². The van der Waals surface area contributed by atoms with E-state index in [1.54, 1.807) is 7.05 Å². The summed E-state index contributed by atoms with van der Waals surface area (Å²) in [4.78, 5) is 19.2. The Hall–Kier alpha value is -1.72. The van der Waals surface area contributed by atoms with Crippen LogP contribution in [0.3, 0.4) is 0 Å². The van der Waals surface area contributed by atoms with Gasteiger partial charge in [0, 0.05) is 14.0 Å². The Balaban J connectivity index is 3.07. The molecule has 1 aromatic heterocycles. The number of Topliss-reactive ketones (excluding diaryl/α,β-unsaturated/α-hetero) is 1. The van der Waals surface area contributed by atoms with E-state index in [0.29, 0.717) is 5.71 Å². The Morgan fingerprint density at radius 2 is 2.13 bits per heavy atom. The number of rotatable bonds is 3. The van der Waals surface area contributed by atoms with Crippen LogP contribution in [0.4, 0.5) is 11.9 Å². The summed E-state index contributed by atoms with van der Waals surface area (Å²) in [5.74, 6) is 0.484. The SMILES string of the molecule is CC(=O)/C(=N/c1nc(N)n(C)n1)C(C)C. The van der Waals surface area contributed by atoms with Crippen molar-refractivity contribution in [3.63, 3.8) is 0 Å². The Labute approximate surface area is 88.2 Å². The number of aromatic nitrogens is 3. The number of aryl methyl sites for hydroxylation is 1. The van der Waals surface area contributed by atoms with Gasteiger partial charge in [0.25, 0.3) is 5.95 Å². The second-order valence-corrected chi connectivity index (χ2v) is 3.60. The lowest BCUT2D eigenvalue weighted by Crippen LogP contribution is -2.16. The highest BCUT2D eigenvalue weighted by molar-refractivity contribution is 6.40. The summed E-state index contributed by atoms with van der Waals surface area (Å²) >= 11 is 0. The number of hydrogen-bond acceptors (Lipinski definition) is 5. The average molecular weight is 209 g/mol. The van der Waals surface area contributed by atoms with Crippen LogP contribution in [0.15, 0.2) is 4.99 Å². The topological polar surface area (TPSA) is 86.2 Å². The number of ketones is 1. The molecule has 0 saturated carbocycles. The monoisotopic (exact) mass is 209 g/mol. The predicted molar refractivity (Wildman–Crippen MR) is 58.0 cm³/mol. The highest BCUT2D eigenvalue weighted by Gasteiger charge is 2.12. The maximum absolute atomic E-state index is 11.3. The molecule has 0 bridgehead atoms. The van der Waals surface area contributed by atoms with Crippen molar-refractivity contribution >= 4 is 23.4 Å². The molecule has 6 heteroatoms. The van der Waals surface area contributed by atoms with E-state index in [1.807, 2.05) is 13.8 Å². The van der Waals surface area contributed by atoms with Gasteiger partial charge >= 0.3 is 0 Å². The molecule has 0 spiro atoms. The lowest BCUT2D eigenvalue weighted by molar-refractivity contribution is -0.111. The third-order valence-corrected chi connectivity index (χ3v) is 1.91. The molecule has 0 aliphatic heterocycles. The number of anilines is 1. The molecular formula is C9H15N5O. The molecule has 0 radical (unpaired) electrons. The van der Waals surface area contributed by atoms with Crippen molar-refractivity contribution in [3.05, 3.63) is 0 Å². The van der Waals surface area contributed by atoms with Gasteiger partial charge in [-0.1, -0.05) is 13.8 Å². The summed E-state index contributed by atoms with van der Waals surface area (Å²) in [5.41, 5.74) is 5.96. The Bertz CT molecular complexity index is 385. The van der Waals surface area contributed by atoms with E-state index in [1.165, 1.54) is 11.6 Å². The smallest absolute Gasteiger partial charge is 0.270 e. The van der Waals surface area contributed by atoms with E-state index < -0.39 is 0 Å². The number of aliphatic imine (C=N–C) groups is 1. The van der Waals surface area contributed by atoms with Gasteiger partial charge in [0.1, 0.15) is 0 Å². The summed E-state index contributed by atoms with van der Waals surface area (Å²) < 4.78 is 1.41. The minimum atomic E-state index is -0.0731. The molecule has 0 atom stereocenters. The van der Waals surface area contributed by atoms with E-state index in [-0.39, 0.29) is 23.6 Å². The summed E-state index contributed by atoms with van der Waals surface area (Å²) in [6, 6.07) is 0. The summed E-state index contributed by atoms with van der Waals surface area (Å²) in [5, 5.41) is 3.96. The number of nitrogens with zero attached hydrogens (tertiary/aromatic N) is 4. The van der Waals surface area contributed by atoms with Gasteiger partial charge in [0.15, 0.2) is 5.78 Å². The second kappa shape index (κ2) is 4.20. The van der Waals surface area contributed by atoms with Crippen molar-refractivity contribution in [1.29, 1.82) is 0 Å². The van der Waals surface area contributed by atoms with Gasteiger partial charge in [-0.25, -0.2) is 9.67 Å². The number of carbonyl (C=O) groups is 1. The summed E-state index contributed by atoms with van der Waals surface area (Å²) in [7, 11) is 1.67. The first-order valence-electron chi connectivity index (χ1n) is 4.68. The highest BCUT2D eigenvalue weighted by atomic mass is 16.1. The third-order valence-electron chi connectivity index (χ3n) is 1.91. The minimum Gasteiger partial charge on any atom is -0.368 e. The third kappa shape index (κ3) is 2.61. The maximum Gasteiger partial charge on any atom is 0.270 e. The van der Waals surface area contributed by atoms with Gasteiger partial charge in [0.05, 0.1) is 5.71 Å². The van der Waals surface area contributed by atoms with Gasteiger partial charge in [-0.3, -0.25) is 4.79 Å². The van der Waals surface area contributed by atoms with Crippen LogP contribution < -0.4 is 5.73 Å². The van der Waals surface area contributed by atoms with Gasteiger partial charge in [-0.15, -0.1) is 5.10 Å². The quantitative estimate of drug-likeness (QED) is 0.743. The zero-order valence-electron chi connectivity index (χ0n) is 9.35. The van der Waals surface area contributed by atoms with E-state index in [9.17, 15) is 4.79 Å². The fourth-order valence-corrected chi connectivity index (χ4v) is 1.15. The van der Waals surface area contributed by atoms with Crippen LogP contribution in [0.1, 0.15) is 20.8 Å². The van der Waals surface area contributed by atoms with Crippen LogP contribution in [0.25, 0.3) is 0 Å². The van der Waals surface area contributed by atoms with Crippen molar-refractivity contribution in [2.24, 2.45) is 18.0 Å². The zero-order chi connectivity index (χ0) is 11.6. The Morgan fingerprint density at radius 3 is 2.47 bits per heavy atom. The van der Waals surface area contributed by atoms with Crippen LogP contribution in [-0.4, -0.2) is 26.3 Å². The van der Waals surface area contributed by atoms with Crippen LogP contribution in [-0.2, 0) is 11.8 Å². The molecule has 0 amide bonds. The number of carbonyl (C=O) groups excluding carboxylic acids is 1. The van der Waals surface area contributed by atoms with Crippen molar-refractivity contribution in [2.75, 3.05) is 5.73 Å². The van der Waals surface area contributed by atoms with Crippen molar-refractivity contribution in [2.45, 2.75) is 20.8 Å². The number of nitrogens with two attached hydrogens (primary N) is 1. The first-order chi connectivity index (χ1) is 6.91. The average Bonchev–Trinajstić information content (AvgIpc) is 2.41. The first-order valence-corrected chi connectivity index (χ1v) is 4.68. The minimum absolute atomic E-state index is 0.0486. The van der Waals surface area contributed by atoms with Gasteiger partial charge in [0.2, 0.25) is 5.95 Å². The van der Waals surface area contributed by atoms with E-state index in [4.69, 9.17) is 5.73 Å². The molecule has 6 nitrogen and oxygen atoms in total. The van der Waals surface area contributed by atoms with Crippen molar-refractivity contribution < 1.29 is 4.79 Å². The predicted octanol–water partition coefficient (Wildman–Crippen LogP) is 0.715. The molecule has 0 saturated heterocycles. The van der Waals surface area contributed by atoms with Gasteiger partial charge < -0.3 is 5.73 Å². The Kier molecular flexibility index (Phi) is 3.18. The molecule has 2 N–H and O–H groups in total. The first kappa shape index (κ1) is 11.4. The molecule has 0 unspecified atom stereocenters. The Morgan fingerprint density at radius 1 is 1.53 bits per heavy atom. The van der Waals surface area contributed by atoms with E-state index in [2.05, 4.69) is 15.1 Å². The normalized spacial score (nSPS) is 12.2. The van der Waals surface area contributed by atoms with Crippen LogP contribution in [0, 0.1) is 5.92 Å². The lowest BCUT2D eigenvalue weighted by atomic mass is 10.1. The fourth-order valence-electron chi connectivity index (χ4n) is 1.15. The van der Waals surface area contributed by atoms with Gasteiger partial charge in [-0.2, -0.15) is 4.98 Å². The summed E-state index contributed by atoms with van der Waals surface area (Å²) in [6.45, 7) is 5.27. The maximum atomic E-state index is 11.3. The standard InChI is InChI=1S/C9H15N5O/c1-5(2)7(6(3)15)11-9-12-8(10)14(4)13-9/h5H,1-4H3,(H2,10,12,13)/b11-7+. The van der Waals surface area contributed by atoms with Crippen LogP contribution >= 0.6 is 0 Å². The summed E-state index contributed by atoms with van der Waals surface area (Å²) in [6.07, 6.45) is 0. The molecule has 82 valence electrons. The van der Waals surface area contributed by atoms with Crippen molar-refractivity contribution in [3.8, 4) is 0 Å². The molecule has 15 heavy (non-hydrogen) atoms. The molecule has 1 rings (SSSR count). The molecule has 0 aromatic carbocycles. The molecule has 0 fully saturated rings. The molecule has 0 aliphatic carbocycles. The largest absolute Gasteiger partial charge is 0.368 e. The second-order valence-electron chi connectivity index (χ2n) is 3.60. The van der Waals surface area contributed by atoms with E-state index in [0.717, 1.165) is 0 Å². The number of hydrogen-bond donors (Lipinski definition) is 1. The van der Waals surface area contributed by atoms with Crippen LogP contribution in [0.2, 0.25) is 0 Å². The lowest BCUT2D eigenvalue weighted by Gasteiger charge is -2.03. The van der Waals surface area contributed by atoms with Gasteiger partial charge in [-0.05, 0) is 5.92 Å². The molecule has 1 heterocycles.